The first-order valence-corrected chi connectivity index (χ1v) is 9.34. The molecular weight excluding hydrogens is 398 g/mol. The molecule has 0 unspecified atom stereocenters. The molecular formula is C18H14ClN7OS. The summed E-state index contributed by atoms with van der Waals surface area (Å²) in [5, 5.41) is 22.7. The average Bonchev–Trinajstić information content (AvgIpc) is 3.30. The summed E-state index contributed by atoms with van der Waals surface area (Å²) in [6, 6.07) is 16.6. The first-order valence-electron chi connectivity index (χ1n) is 8.15. The number of anilines is 1. The molecule has 2 aromatic carbocycles. The van der Waals surface area contributed by atoms with Gasteiger partial charge in [-0.15, -0.1) is 20.4 Å². The fourth-order valence-corrected chi connectivity index (χ4v) is 3.30. The third-order valence-corrected chi connectivity index (χ3v) is 4.73. The molecule has 0 radical (unpaired) electrons. The highest BCUT2D eigenvalue weighted by atomic mass is 35.5. The van der Waals surface area contributed by atoms with Crippen LogP contribution in [0.5, 0.6) is 5.75 Å². The van der Waals surface area contributed by atoms with Crippen LogP contribution >= 0.6 is 22.9 Å². The minimum absolute atomic E-state index is 0.335. The Labute approximate surface area is 169 Å². The molecule has 8 nitrogen and oxygen atoms in total. The second-order valence-electron chi connectivity index (χ2n) is 5.58. The number of benzene rings is 2. The molecule has 28 heavy (non-hydrogen) atoms. The van der Waals surface area contributed by atoms with Gasteiger partial charge in [0.15, 0.2) is 16.5 Å². The third kappa shape index (κ3) is 3.57. The first kappa shape index (κ1) is 18.1. The summed E-state index contributed by atoms with van der Waals surface area (Å²) >= 11 is 7.36. The van der Waals surface area contributed by atoms with Crippen molar-refractivity contribution in [2.24, 2.45) is 10.2 Å². The minimum Gasteiger partial charge on any atom is -0.491 e. The molecule has 0 spiro atoms. The van der Waals surface area contributed by atoms with Crippen LogP contribution in [0, 0.1) is 0 Å². The normalized spacial score (nSPS) is 11.2. The van der Waals surface area contributed by atoms with Crippen LogP contribution in [0.2, 0.25) is 5.02 Å². The van der Waals surface area contributed by atoms with Gasteiger partial charge in [0.25, 0.3) is 0 Å². The van der Waals surface area contributed by atoms with Gasteiger partial charge < -0.3 is 10.5 Å². The van der Waals surface area contributed by atoms with E-state index < -0.39 is 0 Å². The Bertz CT molecular complexity index is 1140. The fourth-order valence-electron chi connectivity index (χ4n) is 2.53. The molecule has 0 aliphatic heterocycles. The minimum atomic E-state index is 0.335. The van der Waals surface area contributed by atoms with Crippen molar-refractivity contribution in [2.75, 3.05) is 12.8 Å². The van der Waals surface area contributed by atoms with E-state index in [1.165, 1.54) is 18.4 Å². The Morgan fingerprint density at radius 3 is 2.57 bits per heavy atom. The number of aromatic nitrogens is 4. The molecule has 4 aromatic rings. The fraction of sp³-hybridized carbons (Fsp3) is 0.0556. The maximum atomic E-state index is 6.16. The van der Waals surface area contributed by atoms with Gasteiger partial charge in [0.05, 0.1) is 18.5 Å². The molecule has 0 saturated heterocycles. The summed E-state index contributed by atoms with van der Waals surface area (Å²) < 4.78 is 7.19. The lowest BCUT2D eigenvalue weighted by Crippen LogP contribution is -1.96. The lowest BCUT2D eigenvalue weighted by molar-refractivity contribution is 0.417. The van der Waals surface area contributed by atoms with Crippen molar-refractivity contribution in [1.29, 1.82) is 0 Å². The summed E-state index contributed by atoms with van der Waals surface area (Å²) in [5.41, 5.74) is 7.60. The van der Waals surface area contributed by atoms with Gasteiger partial charge in [-0.05, 0) is 30.3 Å². The molecule has 4 rings (SSSR count). The first-order chi connectivity index (χ1) is 13.7. The molecule has 0 fully saturated rings. The predicted molar refractivity (Wildman–Crippen MR) is 109 cm³/mol. The van der Waals surface area contributed by atoms with E-state index in [-0.39, 0.29) is 0 Å². The van der Waals surface area contributed by atoms with Crippen LogP contribution in [0.25, 0.3) is 16.4 Å². The number of hydrogen-bond acceptors (Lipinski definition) is 8. The maximum Gasteiger partial charge on any atom is 0.221 e. The molecule has 0 bridgehead atoms. The van der Waals surface area contributed by atoms with Crippen LogP contribution in [0.4, 0.5) is 16.6 Å². The lowest BCUT2D eigenvalue weighted by atomic mass is 10.3. The Hall–Kier alpha value is -3.30. The second kappa shape index (κ2) is 7.75. The van der Waals surface area contributed by atoms with E-state index in [9.17, 15) is 0 Å². The molecule has 10 heteroatoms. The SMILES string of the molecule is COc1c(-c2nnc(N)s2)nn(-c2cccc(Cl)c2)c1N=Nc1ccccc1. The van der Waals surface area contributed by atoms with Crippen LogP contribution in [0.1, 0.15) is 0 Å². The van der Waals surface area contributed by atoms with Gasteiger partial charge in [-0.25, -0.2) is 4.68 Å². The Balaban J connectivity index is 1.90. The Morgan fingerprint density at radius 1 is 1.07 bits per heavy atom. The number of hydrogen-bond donors (Lipinski definition) is 1. The topological polar surface area (TPSA) is 104 Å². The summed E-state index contributed by atoms with van der Waals surface area (Å²) in [6.07, 6.45) is 0. The van der Waals surface area contributed by atoms with E-state index in [0.29, 0.717) is 43.8 Å². The van der Waals surface area contributed by atoms with Crippen LogP contribution in [0.15, 0.2) is 64.8 Å². The van der Waals surface area contributed by atoms with Gasteiger partial charge in [-0.3, -0.25) is 0 Å². The van der Waals surface area contributed by atoms with Gasteiger partial charge in [-0.1, -0.05) is 47.2 Å². The highest BCUT2D eigenvalue weighted by molar-refractivity contribution is 7.18. The standard InChI is InChI=1S/C18H14ClN7OS/c1-27-15-14(17-23-24-18(20)28-17)25-26(13-9-5-6-11(19)10-13)16(15)22-21-12-7-3-2-4-8-12/h2-10H,1H3,(H2,20,24). The van der Waals surface area contributed by atoms with E-state index in [1.54, 1.807) is 16.8 Å². The predicted octanol–water partition coefficient (Wildman–Crippen LogP) is 5.05. The van der Waals surface area contributed by atoms with E-state index >= 15 is 0 Å². The van der Waals surface area contributed by atoms with Crippen LogP contribution in [0.3, 0.4) is 0 Å². The van der Waals surface area contributed by atoms with Crippen molar-refractivity contribution in [3.05, 3.63) is 59.6 Å². The molecule has 0 saturated carbocycles. The average molecular weight is 412 g/mol. The van der Waals surface area contributed by atoms with Gasteiger partial charge in [0.2, 0.25) is 10.9 Å². The Morgan fingerprint density at radius 2 is 1.89 bits per heavy atom. The summed E-state index contributed by atoms with van der Waals surface area (Å²) in [4.78, 5) is 0. The monoisotopic (exact) mass is 411 g/mol. The molecule has 0 amide bonds. The molecule has 0 aliphatic carbocycles. The smallest absolute Gasteiger partial charge is 0.221 e. The number of halogens is 1. The van der Waals surface area contributed by atoms with E-state index in [4.69, 9.17) is 22.1 Å². The number of ether oxygens (including phenoxy) is 1. The zero-order valence-corrected chi connectivity index (χ0v) is 16.2. The number of nitrogens with two attached hydrogens (primary N) is 1. The third-order valence-electron chi connectivity index (χ3n) is 3.74. The molecule has 2 aromatic heterocycles. The van der Waals surface area contributed by atoms with Crippen molar-refractivity contribution in [3.63, 3.8) is 0 Å². The van der Waals surface area contributed by atoms with Crippen molar-refractivity contribution in [2.45, 2.75) is 0 Å². The van der Waals surface area contributed by atoms with Crippen molar-refractivity contribution >= 4 is 39.6 Å². The lowest BCUT2D eigenvalue weighted by Gasteiger charge is -2.04. The number of rotatable bonds is 5. The largest absolute Gasteiger partial charge is 0.491 e. The molecule has 0 atom stereocenters. The van der Waals surface area contributed by atoms with Crippen LogP contribution < -0.4 is 10.5 Å². The van der Waals surface area contributed by atoms with Gasteiger partial charge in [-0.2, -0.15) is 5.10 Å². The highest BCUT2D eigenvalue weighted by Crippen LogP contribution is 2.41. The van der Waals surface area contributed by atoms with Crippen molar-refractivity contribution in [3.8, 4) is 22.1 Å². The molecule has 2 heterocycles. The summed E-state index contributed by atoms with van der Waals surface area (Å²) in [5.74, 6) is 0.813. The highest BCUT2D eigenvalue weighted by Gasteiger charge is 2.24. The van der Waals surface area contributed by atoms with Crippen molar-refractivity contribution in [1.82, 2.24) is 20.0 Å². The van der Waals surface area contributed by atoms with Gasteiger partial charge in [0.1, 0.15) is 0 Å². The van der Waals surface area contributed by atoms with Gasteiger partial charge >= 0.3 is 0 Å². The quantitative estimate of drug-likeness (QED) is 0.462. The van der Waals surface area contributed by atoms with Crippen LogP contribution in [-0.4, -0.2) is 27.1 Å². The molecule has 0 aliphatic rings. The van der Waals surface area contributed by atoms with E-state index in [2.05, 4.69) is 25.5 Å². The van der Waals surface area contributed by atoms with E-state index in [1.807, 2.05) is 42.5 Å². The molecule has 2 N–H and O–H groups in total. The number of methoxy groups -OCH3 is 1. The number of nitrogens with zero attached hydrogens (tertiary/aromatic N) is 6. The second-order valence-corrected chi connectivity index (χ2v) is 7.02. The maximum absolute atomic E-state index is 6.16. The summed E-state index contributed by atoms with van der Waals surface area (Å²) in [6.45, 7) is 0. The van der Waals surface area contributed by atoms with Crippen molar-refractivity contribution < 1.29 is 4.74 Å². The zero-order chi connectivity index (χ0) is 19.5. The number of nitrogen functional groups attached to an aromatic ring is 1. The molecule has 140 valence electrons. The zero-order valence-electron chi connectivity index (χ0n) is 14.7. The van der Waals surface area contributed by atoms with Gasteiger partial charge in [0, 0.05) is 5.02 Å². The van der Waals surface area contributed by atoms with Crippen LogP contribution in [-0.2, 0) is 0 Å². The summed E-state index contributed by atoms with van der Waals surface area (Å²) in [7, 11) is 1.54. The van der Waals surface area contributed by atoms with E-state index in [0.717, 1.165) is 0 Å². The Kier molecular flexibility index (Phi) is 5.00. The number of azo groups is 1.